The molecular formula is C21H24ClN3O4S. The average molecular weight is 450 g/mol. The van der Waals surface area contributed by atoms with Gasteiger partial charge >= 0.3 is 6.09 Å². The lowest BCUT2D eigenvalue weighted by Gasteiger charge is -2.32. The molecule has 1 saturated heterocycles. The number of ether oxygens (including phenoxy) is 1. The van der Waals surface area contributed by atoms with E-state index in [2.05, 4.69) is 4.98 Å². The van der Waals surface area contributed by atoms with Crippen molar-refractivity contribution in [3.63, 3.8) is 0 Å². The zero-order chi connectivity index (χ0) is 22.1. The highest BCUT2D eigenvalue weighted by Gasteiger charge is 2.27. The smallest absolute Gasteiger partial charge is 0.414 e. The Kier molecular flexibility index (Phi) is 6.38. The molecular weight excluding hydrogens is 426 g/mol. The molecule has 1 aliphatic heterocycles. The number of aromatic amines is 1. The third-order valence-corrected chi connectivity index (χ3v) is 5.08. The number of carbonyl (C=O) groups excluding carboxylic acids is 1. The lowest BCUT2D eigenvalue weighted by molar-refractivity contribution is 0.0289. The van der Waals surface area contributed by atoms with E-state index in [4.69, 9.17) is 28.6 Å². The largest absolute Gasteiger partial charge is 0.494 e. The number of hydrogen-bond donors (Lipinski definition) is 2. The van der Waals surface area contributed by atoms with E-state index in [1.54, 1.807) is 45.0 Å². The molecule has 0 bridgehead atoms. The van der Waals surface area contributed by atoms with E-state index < -0.39 is 17.3 Å². The van der Waals surface area contributed by atoms with Gasteiger partial charge in [0.25, 0.3) is 5.56 Å². The van der Waals surface area contributed by atoms with Crippen molar-refractivity contribution in [2.24, 2.45) is 0 Å². The molecule has 0 spiro atoms. The van der Waals surface area contributed by atoms with Crippen LogP contribution >= 0.6 is 23.8 Å². The van der Waals surface area contributed by atoms with E-state index in [9.17, 15) is 14.7 Å². The molecule has 7 nitrogen and oxygen atoms in total. The first-order valence-electron chi connectivity index (χ1n) is 9.62. The fourth-order valence-corrected chi connectivity index (χ4v) is 3.61. The van der Waals surface area contributed by atoms with Crippen molar-refractivity contribution in [3.8, 4) is 11.6 Å². The number of allylic oxidation sites excluding steroid dienone is 1. The molecule has 2 aromatic rings. The van der Waals surface area contributed by atoms with Gasteiger partial charge in [-0.15, -0.1) is 0 Å². The predicted molar refractivity (Wildman–Crippen MR) is 119 cm³/mol. The summed E-state index contributed by atoms with van der Waals surface area (Å²) in [5.41, 5.74) is -0.00339. The maximum absolute atomic E-state index is 12.6. The van der Waals surface area contributed by atoms with Gasteiger partial charge < -0.3 is 9.84 Å². The summed E-state index contributed by atoms with van der Waals surface area (Å²) in [6, 6.07) is 6.68. The zero-order valence-corrected chi connectivity index (χ0v) is 18.6. The highest BCUT2D eigenvalue weighted by Crippen LogP contribution is 2.28. The molecule has 9 heteroatoms. The van der Waals surface area contributed by atoms with E-state index in [0.717, 1.165) is 12.8 Å². The molecule has 2 N–H and O–H groups in total. The van der Waals surface area contributed by atoms with Crippen LogP contribution in [0.5, 0.6) is 5.88 Å². The molecule has 160 valence electrons. The van der Waals surface area contributed by atoms with Crippen molar-refractivity contribution < 1.29 is 14.6 Å². The zero-order valence-electron chi connectivity index (χ0n) is 17.1. The molecule has 0 aliphatic carbocycles. The molecule has 2 heterocycles. The molecule has 1 aromatic carbocycles. The summed E-state index contributed by atoms with van der Waals surface area (Å²) in [6.45, 7) is 5.88. The summed E-state index contributed by atoms with van der Waals surface area (Å²) in [5.74, 6) is -0.312. The van der Waals surface area contributed by atoms with Crippen LogP contribution in [-0.4, -0.2) is 37.8 Å². The van der Waals surface area contributed by atoms with Crippen LogP contribution in [0.4, 0.5) is 4.79 Å². The minimum Gasteiger partial charge on any atom is -0.494 e. The summed E-state index contributed by atoms with van der Waals surface area (Å²) in [4.78, 5) is 29.3. The Bertz CT molecular complexity index is 1100. The number of piperidine rings is 1. The highest BCUT2D eigenvalue weighted by atomic mass is 35.5. The minimum absolute atomic E-state index is 0.0176. The lowest BCUT2D eigenvalue weighted by atomic mass is 10.1. The molecule has 0 radical (unpaired) electrons. The number of amides is 1. The number of benzene rings is 1. The first-order chi connectivity index (χ1) is 14.1. The number of halogens is 1. The number of carbonyl (C=O) groups is 1. The van der Waals surface area contributed by atoms with Crippen LogP contribution in [0.2, 0.25) is 5.02 Å². The fraction of sp³-hybridized carbons (Fsp3) is 0.381. The Hall–Kier alpha value is -2.58. The van der Waals surface area contributed by atoms with Crippen LogP contribution in [0.1, 0.15) is 45.6 Å². The van der Waals surface area contributed by atoms with Crippen LogP contribution in [0, 0.1) is 4.77 Å². The second-order valence-electron chi connectivity index (χ2n) is 8.03. The molecule has 0 saturated carbocycles. The van der Waals surface area contributed by atoms with Crippen molar-refractivity contribution in [3.05, 3.63) is 55.7 Å². The maximum Gasteiger partial charge on any atom is 0.414 e. The van der Waals surface area contributed by atoms with Gasteiger partial charge in [0.15, 0.2) is 4.77 Å². The van der Waals surface area contributed by atoms with Crippen molar-refractivity contribution >= 4 is 36.0 Å². The Balaban J connectivity index is 2.08. The summed E-state index contributed by atoms with van der Waals surface area (Å²) in [5, 5.41) is 11.4. The maximum atomic E-state index is 12.6. The second-order valence-corrected chi connectivity index (χ2v) is 8.86. The predicted octanol–water partition coefficient (Wildman–Crippen LogP) is 5.02. The van der Waals surface area contributed by atoms with Gasteiger partial charge in [0.2, 0.25) is 5.88 Å². The summed E-state index contributed by atoms with van der Waals surface area (Å²) < 4.78 is 6.89. The van der Waals surface area contributed by atoms with Crippen LogP contribution in [0.25, 0.3) is 11.8 Å². The number of hydrogen-bond acceptors (Lipinski definition) is 5. The lowest BCUT2D eigenvalue weighted by Crippen LogP contribution is -2.38. The van der Waals surface area contributed by atoms with Crippen molar-refractivity contribution in [2.45, 2.75) is 45.6 Å². The van der Waals surface area contributed by atoms with Crippen molar-refractivity contribution in [1.82, 2.24) is 14.5 Å². The van der Waals surface area contributed by atoms with Gasteiger partial charge in [-0.25, -0.2) is 4.79 Å². The number of aromatic hydroxyl groups is 1. The van der Waals surface area contributed by atoms with Gasteiger partial charge in [0.1, 0.15) is 11.2 Å². The molecule has 0 unspecified atom stereocenters. The third kappa shape index (κ3) is 4.94. The average Bonchev–Trinajstić information content (AvgIpc) is 2.65. The van der Waals surface area contributed by atoms with Gasteiger partial charge in [0, 0.05) is 17.3 Å². The summed E-state index contributed by atoms with van der Waals surface area (Å²) in [6.07, 6.45) is 3.32. The Morgan fingerprint density at radius 2 is 1.93 bits per heavy atom. The monoisotopic (exact) mass is 449 g/mol. The summed E-state index contributed by atoms with van der Waals surface area (Å²) >= 11 is 11.2. The van der Waals surface area contributed by atoms with Gasteiger partial charge in [-0.3, -0.25) is 19.2 Å². The van der Waals surface area contributed by atoms with Gasteiger partial charge in [-0.05, 0) is 82.6 Å². The van der Waals surface area contributed by atoms with E-state index >= 15 is 0 Å². The van der Waals surface area contributed by atoms with Crippen LogP contribution in [-0.2, 0) is 4.74 Å². The number of nitrogens with one attached hydrogen (secondary N) is 1. The second kappa shape index (κ2) is 8.65. The van der Waals surface area contributed by atoms with Gasteiger partial charge in [-0.1, -0.05) is 11.6 Å². The number of aromatic nitrogens is 2. The standard InChI is InChI=1S/C21H24ClN3O4S/c1-21(2,3)29-20(28)24-11-5-4-6-15(24)12-16-17(26)23-19(30)25(18(16)27)14-9-7-13(22)8-10-14/h7-10,12,27H,4-6,11H2,1-3H3,(H,23,26,30). The van der Waals surface area contributed by atoms with Gasteiger partial charge in [0.05, 0.1) is 5.69 Å². The fourth-order valence-electron chi connectivity index (χ4n) is 3.20. The van der Waals surface area contributed by atoms with Crippen LogP contribution < -0.4 is 5.56 Å². The molecule has 1 fully saturated rings. The Morgan fingerprint density at radius 1 is 1.27 bits per heavy atom. The number of nitrogens with zero attached hydrogens (tertiary/aromatic N) is 2. The topological polar surface area (TPSA) is 87.6 Å². The van der Waals surface area contributed by atoms with Crippen LogP contribution in [0.3, 0.4) is 0 Å². The first kappa shape index (κ1) is 22.1. The van der Waals surface area contributed by atoms with Crippen molar-refractivity contribution in [1.29, 1.82) is 0 Å². The van der Waals surface area contributed by atoms with Crippen molar-refractivity contribution in [2.75, 3.05) is 6.54 Å². The van der Waals surface area contributed by atoms with E-state index in [1.807, 2.05) is 0 Å². The first-order valence-corrected chi connectivity index (χ1v) is 10.4. The summed E-state index contributed by atoms with van der Waals surface area (Å²) in [7, 11) is 0. The van der Waals surface area contributed by atoms with E-state index in [-0.39, 0.29) is 16.2 Å². The molecule has 0 atom stereocenters. The van der Waals surface area contributed by atoms with Gasteiger partial charge in [-0.2, -0.15) is 0 Å². The molecule has 3 rings (SSSR count). The normalized spacial score (nSPS) is 16.0. The number of rotatable bonds is 2. The quantitative estimate of drug-likeness (QED) is 0.629. The Labute approximate surface area is 184 Å². The SMILES string of the molecule is CC(C)(C)OC(=O)N1CCCCC1=Cc1c(O)n(-c2ccc(Cl)cc2)c(=S)[nH]c1=O. The highest BCUT2D eigenvalue weighted by molar-refractivity contribution is 7.71. The number of likely N-dealkylation sites (tertiary alicyclic amines) is 1. The third-order valence-electron chi connectivity index (χ3n) is 4.54. The Morgan fingerprint density at radius 3 is 2.57 bits per heavy atom. The van der Waals surface area contributed by atoms with E-state index in [1.165, 1.54) is 15.5 Å². The van der Waals surface area contributed by atoms with E-state index in [0.29, 0.717) is 29.4 Å². The molecule has 30 heavy (non-hydrogen) atoms. The number of H-pyrrole nitrogens is 1. The van der Waals surface area contributed by atoms with Crippen LogP contribution in [0.15, 0.2) is 34.8 Å². The molecule has 1 aliphatic rings. The minimum atomic E-state index is -0.638. The molecule has 1 aromatic heterocycles. The molecule has 1 amide bonds.